The summed E-state index contributed by atoms with van der Waals surface area (Å²) < 4.78 is 4.80. The highest BCUT2D eigenvalue weighted by atomic mass is 16.5. The van der Waals surface area contributed by atoms with Crippen LogP contribution in [0.3, 0.4) is 0 Å². The van der Waals surface area contributed by atoms with Gasteiger partial charge in [-0.3, -0.25) is 4.79 Å². The van der Waals surface area contributed by atoms with Crippen molar-refractivity contribution in [1.29, 1.82) is 0 Å². The Morgan fingerprint density at radius 1 is 1.55 bits per heavy atom. The van der Waals surface area contributed by atoms with Gasteiger partial charge in [-0.2, -0.15) is 0 Å². The van der Waals surface area contributed by atoms with E-state index in [0.29, 0.717) is 6.42 Å². The van der Waals surface area contributed by atoms with Gasteiger partial charge in [0.2, 0.25) is 0 Å². The highest BCUT2D eigenvalue weighted by molar-refractivity contribution is 5.71. The van der Waals surface area contributed by atoms with Gasteiger partial charge in [0, 0.05) is 6.42 Å². The molecular formula is C8H15O3. The number of ether oxygens (including phenoxy) is 1. The molecule has 0 rings (SSSR count). The van der Waals surface area contributed by atoms with Gasteiger partial charge >= 0.3 is 5.97 Å². The van der Waals surface area contributed by atoms with E-state index in [1.54, 1.807) is 0 Å². The molecule has 1 atom stereocenters. The van der Waals surface area contributed by atoms with E-state index in [1.165, 1.54) is 0 Å². The fourth-order valence-electron chi connectivity index (χ4n) is 0.541. The lowest BCUT2D eigenvalue weighted by Gasteiger charge is -2.07. The average Bonchev–Trinajstić information content (AvgIpc) is 2.03. The molecule has 3 nitrogen and oxygen atoms in total. The summed E-state index contributed by atoms with van der Waals surface area (Å²) in [5.74, 6) is -0.234. The maximum atomic E-state index is 10.9. The van der Waals surface area contributed by atoms with Crippen molar-refractivity contribution < 1.29 is 14.6 Å². The molecule has 0 spiro atoms. The van der Waals surface area contributed by atoms with Crippen LogP contribution in [0.4, 0.5) is 0 Å². The van der Waals surface area contributed by atoms with Gasteiger partial charge in [0.05, 0.1) is 19.1 Å². The van der Waals surface area contributed by atoms with E-state index in [-0.39, 0.29) is 25.1 Å². The lowest BCUT2D eigenvalue weighted by molar-refractivity contribution is -0.148. The van der Waals surface area contributed by atoms with Gasteiger partial charge in [-0.15, -0.1) is 0 Å². The Balaban J connectivity index is 3.36. The summed E-state index contributed by atoms with van der Waals surface area (Å²) >= 11 is 0. The van der Waals surface area contributed by atoms with Gasteiger partial charge < -0.3 is 4.74 Å². The Morgan fingerprint density at radius 2 is 2.18 bits per heavy atom. The Kier molecular flexibility index (Phi) is 5.84. The van der Waals surface area contributed by atoms with Crippen LogP contribution in [0.1, 0.15) is 26.7 Å². The SMILES string of the molecule is CCC(C)C(=O)OCCC[O]. The molecule has 0 bridgehead atoms. The molecule has 3 heteroatoms. The quantitative estimate of drug-likeness (QED) is 0.449. The predicted octanol–water partition coefficient (Wildman–Crippen LogP) is 1.40. The summed E-state index contributed by atoms with van der Waals surface area (Å²) in [5.41, 5.74) is 0. The van der Waals surface area contributed by atoms with Crippen molar-refractivity contribution >= 4 is 5.97 Å². The minimum absolute atomic E-state index is 0.0401. The van der Waals surface area contributed by atoms with Crippen LogP contribution < -0.4 is 0 Å². The Bertz CT molecular complexity index is 112. The Hall–Kier alpha value is -0.570. The van der Waals surface area contributed by atoms with Crippen molar-refractivity contribution in [2.45, 2.75) is 26.7 Å². The molecule has 0 aromatic carbocycles. The van der Waals surface area contributed by atoms with Crippen molar-refractivity contribution in [3.05, 3.63) is 0 Å². The Morgan fingerprint density at radius 3 is 2.64 bits per heavy atom. The third kappa shape index (κ3) is 4.79. The second-order valence-electron chi connectivity index (χ2n) is 2.53. The van der Waals surface area contributed by atoms with Crippen LogP contribution in [0.2, 0.25) is 0 Å². The molecule has 0 aliphatic carbocycles. The van der Waals surface area contributed by atoms with Crippen molar-refractivity contribution in [2.75, 3.05) is 13.2 Å². The van der Waals surface area contributed by atoms with Gasteiger partial charge in [-0.05, 0) is 6.42 Å². The van der Waals surface area contributed by atoms with Crippen LogP contribution in [-0.2, 0) is 14.6 Å². The van der Waals surface area contributed by atoms with E-state index in [4.69, 9.17) is 4.74 Å². The minimum Gasteiger partial charge on any atom is -0.465 e. The molecule has 0 fully saturated rings. The molecule has 0 N–H and O–H groups in total. The molecule has 65 valence electrons. The van der Waals surface area contributed by atoms with Crippen LogP contribution in [-0.4, -0.2) is 19.2 Å². The fourth-order valence-corrected chi connectivity index (χ4v) is 0.541. The molecule has 0 aliphatic rings. The van der Waals surface area contributed by atoms with Gasteiger partial charge in [0.15, 0.2) is 0 Å². The second-order valence-corrected chi connectivity index (χ2v) is 2.53. The molecule has 1 radical (unpaired) electrons. The normalized spacial score (nSPS) is 12.6. The molecule has 0 aromatic rings. The van der Waals surface area contributed by atoms with Gasteiger partial charge in [0.1, 0.15) is 0 Å². The molecule has 0 saturated carbocycles. The van der Waals surface area contributed by atoms with Crippen LogP contribution >= 0.6 is 0 Å². The standard InChI is InChI=1S/C8H15O3/c1-3-7(2)8(10)11-6-4-5-9/h7H,3-6H2,1-2H3. The lowest BCUT2D eigenvalue weighted by atomic mass is 10.1. The monoisotopic (exact) mass is 159 g/mol. The fraction of sp³-hybridized carbons (Fsp3) is 0.875. The first-order chi connectivity index (χ1) is 5.22. The van der Waals surface area contributed by atoms with E-state index in [1.807, 2.05) is 13.8 Å². The molecule has 1 unspecified atom stereocenters. The van der Waals surface area contributed by atoms with E-state index >= 15 is 0 Å². The molecule has 11 heavy (non-hydrogen) atoms. The molecule has 0 aromatic heterocycles. The van der Waals surface area contributed by atoms with E-state index < -0.39 is 0 Å². The smallest absolute Gasteiger partial charge is 0.308 e. The van der Waals surface area contributed by atoms with Crippen molar-refractivity contribution in [1.82, 2.24) is 0 Å². The maximum Gasteiger partial charge on any atom is 0.308 e. The zero-order valence-electron chi connectivity index (χ0n) is 7.13. The molecule has 0 saturated heterocycles. The average molecular weight is 159 g/mol. The lowest BCUT2D eigenvalue weighted by Crippen LogP contribution is -2.14. The first-order valence-electron chi connectivity index (χ1n) is 3.97. The zero-order valence-corrected chi connectivity index (χ0v) is 7.13. The van der Waals surface area contributed by atoms with Gasteiger partial charge in [-0.1, -0.05) is 13.8 Å². The second kappa shape index (κ2) is 6.16. The van der Waals surface area contributed by atoms with Crippen LogP contribution in [0, 0.1) is 5.92 Å². The summed E-state index contributed by atoms with van der Waals surface area (Å²) in [6, 6.07) is 0. The van der Waals surface area contributed by atoms with Gasteiger partial charge in [0.25, 0.3) is 0 Å². The number of esters is 1. The van der Waals surface area contributed by atoms with Crippen molar-refractivity contribution in [2.24, 2.45) is 5.92 Å². The first-order valence-corrected chi connectivity index (χ1v) is 3.97. The first kappa shape index (κ1) is 10.4. The molecule has 0 heterocycles. The van der Waals surface area contributed by atoms with Gasteiger partial charge in [-0.25, -0.2) is 5.11 Å². The van der Waals surface area contributed by atoms with Crippen molar-refractivity contribution in [3.63, 3.8) is 0 Å². The maximum absolute atomic E-state index is 10.9. The van der Waals surface area contributed by atoms with E-state index in [0.717, 1.165) is 6.42 Å². The highest BCUT2D eigenvalue weighted by Crippen LogP contribution is 2.02. The minimum atomic E-state index is -0.194. The number of hydrogen-bond donors (Lipinski definition) is 0. The van der Waals surface area contributed by atoms with Crippen molar-refractivity contribution in [3.8, 4) is 0 Å². The molecule has 0 aliphatic heterocycles. The number of hydrogen-bond acceptors (Lipinski definition) is 2. The van der Waals surface area contributed by atoms with E-state index in [9.17, 15) is 9.90 Å². The van der Waals surface area contributed by atoms with Crippen LogP contribution in [0.25, 0.3) is 0 Å². The summed E-state index contributed by atoms with van der Waals surface area (Å²) in [6.45, 7) is 3.85. The largest absolute Gasteiger partial charge is 0.465 e. The third-order valence-electron chi connectivity index (χ3n) is 1.55. The Labute approximate surface area is 67.4 Å². The predicted molar refractivity (Wildman–Crippen MR) is 40.6 cm³/mol. The zero-order chi connectivity index (χ0) is 8.69. The summed E-state index contributed by atoms with van der Waals surface area (Å²) in [5, 5.41) is 9.96. The number of rotatable bonds is 5. The third-order valence-corrected chi connectivity index (χ3v) is 1.55. The summed E-state index contributed by atoms with van der Waals surface area (Å²) in [7, 11) is 0. The highest BCUT2D eigenvalue weighted by Gasteiger charge is 2.10. The molecule has 0 amide bonds. The van der Waals surface area contributed by atoms with E-state index in [2.05, 4.69) is 0 Å². The number of carbonyl (C=O) groups is 1. The van der Waals surface area contributed by atoms with Crippen LogP contribution in [0.15, 0.2) is 0 Å². The summed E-state index contributed by atoms with van der Waals surface area (Å²) in [6.07, 6.45) is 1.21. The van der Waals surface area contributed by atoms with Crippen LogP contribution in [0.5, 0.6) is 0 Å². The molecular weight excluding hydrogens is 144 g/mol. The summed E-state index contributed by atoms with van der Waals surface area (Å²) in [4.78, 5) is 10.9. The number of carbonyl (C=O) groups excluding carboxylic acids is 1. The topological polar surface area (TPSA) is 46.2 Å².